The Bertz CT molecular complexity index is 498. The van der Waals surface area contributed by atoms with E-state index in [9.17, 15) is 8.42 Å². The summed E-state index contributed by atoms with van der Waals surface area (Å²) < 4.78 is 26.7. The molecule has 0 spiro atoms. The van der Waals surface area contributed by atoms with Gasteiger partial charge in [-0.1, -0.05) is 13.0 Å². The first-order valence-corrected chi connectivity index (χ1v) is 8.84. The van der Waals surface area contributed by atoms with E-state index < -0.39 is 10.0 Å². The zero-order valence-electron chi connectivity index (χ0n) is 12.0. The molecular weight excluding hydrogens is 274 g/mol. The van der Waals surface area contributed by atoms with E-state index in [0.29, 0.717) is 13.0 Å². The van der Waals surface area contributed by atoms with E-state index >= 15 is 0 Å². The number of aryl methyl sites for hydroxylation is 1. The van der Waals surface area contributed by atoms with Crippen molar-refractivity contribution in [2.24, 2.45) is 0 Å². The lowest BCUT2D eigenvalue weighted by Crippen LogP contribution is -2.46. The Labute approximate surface area is 121 Å². The lowest BCUT2D eigenvalue weighted by Gasteiger charge is -2.33. The summed E-state index contributed by atoms with van der Waals surface area (Å²) in [5.74, 6) is 0.141. The first-order valence-electron chi connectivity index (χ1n) is 7.23. The number of nitrogens with zero attached hydrogens (tertiary/aromatic N) is 2. The lowest BCUT2D eigenvalue weighted by atomic mass is 10.1. The van der Waals surface area contributed by atoms with Crippen LogP contribution >= 0.6 is 0 Å². The number of aromatic nitrogens is 1. The van der Waals surface area contributed by atoms with E-state index in [1.54, 1.807) is 10.5 Å². The number of piperidine rings is 1. The molecule has 0 bridgehead atoms. The van der Waals surface area contributed by atoms with Gasteiger partial charge in [-0.15, -0.1) is 0 Å². The summed E-state index contributed by atoms with van der Waals surface area (Å²) in [5, 5.41) is 3.27. The summed E-state index contributed by atoms with van der Waals surface area (Å²) in [6.45, 7) is 4.27. The molecule has 1 aromatic heterocycles. The van der Waals surface area contributed by atoms with Gasteiger partial charge in [0.1, 0.15) is 0 Å². The second kappa shape index (κ2) is 7.15. The highest BCUT2D eigenvalue weighted by molar-refractivity contribution is 7.89. The molecule has 0 radical (unpaired) electrons. The molecule has 0 atom stereocenters. The van der Waals surface area contributed by atoms with Crippen LogP contribution in [0.15, 0.2) is 24.4 Å². The first kappa shape index (κ1) is 15.4. The molecule has 0 aliphatic carbocycles. The normalized spacial score (nSPS) is 17.5. The van der Waals surface area contributed by atoms with E-state index in [4.69, 9.17) is 0 Å². The van der Waals surface area contributed by atoms with Crippen LogP contribution in [-0.2, 0) is 16.4 Å². The van der Waals surface area contributed by atoms with Crippen molar-refractivity contribution in [2.75, 3.05) is 25.4 Å². The van der Waals surface area contributed by atoms with Crippen LogP contribution in [-0.4, -0.2) is 49.1 Å². The van der Waals surface area contributed by atoms with Crippen LogP contribution < -0.4 is 5.32 Å². The van der Waals surface area contributed by atoms with Gasteiger partial charge in [-0.2, -0.15) is 4.31 Å². The monoisotopic (exact) mass is 297 g/mol. The van der Waals surface area contributed by atoms with Gasteiger partial charge in [0, 0.05) is 30.9 Å². The minimum atomic E-state index is -3.20. The van der Waals surface area contributed by atoms with E-state index in [-0.39, 0.29) is 11.8 Å². The molecule has 1 aliphatic heterocycles. The van der Waals surface area contributed by atoms with Gasteiger partial charge in [0.05, 0.1) is 5.75 Å². The zero-order valence-corrected chi connectivity index (χ0v) is 12.8. The van der Waals surface area contributed by atoms with Crippen molar-refractivity contribution in [1.29, 1.82) is 0 Å². The van der Waals surface area contributed by atoms with Crippen LogP contribution in [0.3, 0.4) is 0 Å². The number of rotatable bonds is 6. The van der Waals surface area contributed by atoms with Gasteiger partial charge in [-0.25, -0.2) is 8.42 Å². The summed E-state index contributed by atoms with van der Waals surface area (Å²) in [5.41, 5.74) is 0.831. The van der Waals surface area contributed by atoms with E-state index in [0.717, 1.165) is 31.6 Å². The van der Waals surface area contributed by atoms with Crippen LogP contribution in [0.4, 0.5) is 0 Å². The maximum atomic E-state index is 12.5. The second-order valence-corrected chi connectivity index (χ2v) is 7.11. The van der Waals surface area contributed by atoms with Gasteiger partial charge in [-0.05, 0) is 38.1 Å². The van der Waals surface area contributed by atoms with Crippen LogP contribution in [0, 0.1) is 0 Å². The predicted octanol–water partition coefficient (Wildman–Crippen LogP) is 1.03. The third-order valence-corrected chi connectivity index (χ3v) is 5.72. The molecule has 0 amide bonds. The largest absolute Gasteiger partial charge is 0.317 e. The molecule has 6 heteroatoms. The van der Waals surface area contributed by atoms with Crippen molar-refractivity contribution in [3.8, 4) is 0 Å². The Kier molecular flexibility index (Phi) is 5.51. The topological polar surface area (TPSA) is 62.3 Å². The highest BCUT2D eigenvalue weighted by Crippen LogP contribution is 2.17. The van der Waals surface area contributed by atoms with Crippen molar-refractivity contribution >= 4 is 10.0 Å². The first-order chi connectivity index (χ1) is 9.63. The zero-order chi connectivity index (χ0) is 14.4. The summed E-state index contributed by atoms with van der Waals surface area (Å²) >= 11 is 0. The van der Waals surface area contributed by atoms with Crippen molar-refractivity contribution in [1.82, 2.24) is 14.6 Å². The quantitative estimate of drug-likeness (QED) is 0.852. The molecule has 1 aromatic rings. The third-order valence-electron chi connectivity index (χ3n) is 3.73. The number of nitrogens with one attached hydrogen (secondary N) is 1. The van der Waals surface area contributed by atoms with Gasteiger partial charge in [-0.3, -0.25) is 4.98 Å². The molecule has 5 nitrogen and oxygen atoms in total. The predicted molar refractivity (Wildman–Crippen MR) is 80.0 cm³/mol. The highest BCUT2D eigenvalue weighted by atomic mass is 32.2. The second-order valence-electron chi connectivity index (χ2n) is 5.07. The number of hydrogen-bond acceptors (Lipinski definition) is 4. The molecule has 0 aromatic carbocycles. The van der Waals surface area contributed by atoms with Gasteiger partial charge in [0.2, 0.25) is 10.0 Å². The molecule has 0 saturated carbocycles. The third kappa shape index (κ3) is 4.01. The van der Waals surface area contributed by atoms with Crippen LogP contribution in [0.2, 0.25) is 0 Å². The van der Waals surface area contributed by atoms with Crippen LogP contribution in [0.25, 0.3) is 0 Å². The standard InChI is InChI=1S/C14H23N3O2S/c1-2-17(14-6-10-15-11-7-14)20(18,19)12-8-13-5-3-4-9-16-13/h3-5,9,14-15H,2,6-8,10-12H2,1H3. The minimum absolute atomic E-state index is 0.141. The molecule has 1 saturated heterocycles. The summed E-state index contributed by atoms with van der Waals surface area (Å²) in [4.78, 5) is 4.19. The molecule has 112 valence electrons. The molecule has 2 rings (SSSR count). The van der Waals surface area contributed by atoms with Crippen LogP contribution in [0.5, 0.6) is 0 Å². The van der Waals surface area contributed by atoms with E-state index in [1.165, 1.54) is 0 Å². The molecule has 1 aliphatic rings. The average molecular weight is 297 g/mol. The van der Waals surface area contributed by atoms with Gasteiger partial charge >= 0.3 is 0 Å². The maximum Gasteiger partial charge on any atom is 0.214 e. The number of hydrogen-bond donors (Lipinski definition) is 1. The minimum Gasteiger partial charge on any atom is -0.317 e. The Morgan fingerprint density at radius 2 is 2.10 bits per heavy atom. The number of sulfonamides is 1. The SMILES string of the molecule is CCN(C1CCNCC1)S(=O)(=O)CCc1ccccn1. The van der Waals surface area contributed by atoms with Crippen molar-refractivity contribution < 1.29 is 8.42 Å². The molecule has 20 heavy (non-hydrogen) atoms. The highest BCUT2D eigenvalue weighted by Gasteiger charge is 2.29. The van der Waals surface area contributed by atoms with Gasteiger partial charge < -0.3 is 5.32 Å². The Morgan fingerprint density at radius 1 is 1.35 bits per heavy atom. The van der Waals surface area contributed by atoms with Gasteiger partial charge in [0.15, 0.2) is 0 Å². The Balaban J connectivity index is 1.99. The van der Waals surface area contributed by atoms with Crippen molar-refractivity contribution in [3.63, 3.8) is 0 Å². The lowest BCUT2D eigenvalue weighted by molar-refractivity contribution is 0.271. The van der Waals surface area contributed by atoms with E-state index in [1.807, 2.05) is 25.1 Å². The number of pyridine rings is 1. The van der Waals surface area contributed by atoms with E-state index in [2.05, 4.69) is 10.3 Å². The fourth-order valence-corrected chi connectivity index (χ4v) is 4.43. The molecular formula is C14H23N3O2S. The molecule has 1 fully saturated rings. The maximum absolute atomic E-state index is 12.5. The van der Waals surface area contributed by atoms with Gasteiger partial charge in [0.25, 0.3) is 0 Å². The van der Waals surface area contributed by atoms with Crippen molar-refractivity contribution in [3.05, 3.63) is 30.1 Å². The molecule has 1 N–H and O–H groups in total. The smallest absolute Gasteiger partial charge is 0.214 e. The average Bonchev–Trinajstić information content (AvgIpc) is 2.48. The Hall–Kier alpha value is -0.980. The molecule has 2 heterocycles. The summed E-state index contributed by atoms with van der Waals surface area (Å²) in [7, 11) is -3.20. The Morgan fingerprint density at radius 3 is 2.70 bits per heavy atom. The summed E-state index contributed by atoms with van der Waals surface area (Å²) in [6, 6.07) is 5.75. The van der Waals surface area contributed by atoms with Crippen LogP contribution in [0.1, 0.15) is 25.5 Å². The summed E-state index contributed by atoms with van der Waals surface area (Å²) in [6.07, 6.45) is 3.98. The fraction of sp³-hybridized carbons (Fsp3) is 0.643. The molecule has 0 unspecified atom stereocenters. The van der Waals surface area contributed by atoms with Crippen molar-refractivity contribution in [2.45, 2.75) is 32.2 Å². The fourth-order valence-electron chi connectivity index (χ4n) is 2.67.